The van der Waals surface area contributed by atoms with Crippen molar-refractivity contribution in [3.8, 4) is 5.75 Å². The number of nitro benzene ring substituents is 1. The number of ether oxygens (including phenoxy) is 1. The third-order valence-corrected chi connectivity index (χ3v) is 7.85. The van der Waals surface area contributed by atoms with E-state index in [-0.39, 0.29) is 18.3 Å². The smallest absolute Gasteiger partial charge is 0.289 e. The molecule has 1 saturated heterocycles. The summed E-state index contributed by atoms with van der Waals surface area (Å²) in [6, 6.07) is 10.2. The number of carbonyl (C=O) groups is 1. The van der Waals surface area contributed by atoms with E-state index in [1.807, 2.05) is 25.1 Å². The van der Waals surface area contributed by atoms with Crippen LogP contribution in [0.5, 0.6) is 5.75 Å². The molecule has 2 bridgehead atoms. The second-order valence-corrected chi connectivity index (χ2v) is 9.21. The molecule has 1 unspecified atom stereocenters. The number of rotatable bonds is 4. The molecular formula is C20H20N2O6S. The second kappa shape index (κ2) is 6.84. The Kier molecular flexibility index (Phi) is 4.57. The van der Waals surface area contributed by atoms with E-state index >= 15 is 0 Å². The summed E-state index contributed by atoms with van der Waals surface area (Å²) in [6.45, 7) is 1.93. The van der Waals surface area contributed by atoms with E-state index in [1.165, 1.54) is 18.2 Å². The highest BCUT2D eigenvalue weighted by Gasteiger charge is 2.50. The van der Waals surface area contributed by atoms with Crippen LogP contribution in [-0.2, 0) is 21.2 Å². The fourth-order valence-corrected chi connectivity index (χ4v) is 6.34. The van der Waals surface area contributed by atoms with Crippen LogP contribution in [-0.4, -0.2) is 36.7 Å². The van der Waals surface area contributed by atoms with Crippen LogP contribution in [0.3, 0.4) is 0 Å². The maximum atomic E-state index is 13.4. The fourth-order valence-electron chi connectivity index (χ4n) is 4.51. The topological polar surface area (TPSA) is 107 Å². The van der Waals surface area contributed by atoms with E-state index in [0.29, 0.717) is 12.2 Å². The molecule has 1 aliphatic heterocycles. The number of para-hydroxylation sites is 1. The number of nitrogens with zero attached hydrogens (tertiary/aromatic N) is 2. The number of fused-ring (bicyclic) bond motifs is 4. The van der Waals surface area contributed by atoms with Crippen molar-refractivity contribution in [2.45, 2.75) is 36.6 Å². The molecule has 4 rings (SSSR count). The monoisotopic (exact) mass is 416 g/mol. The molecule has 2 aliphatic rings. The lowest BCUT2D eigenvalue weighted by atomic mass is 9.69. The van der Waals surface area contributed by atoms with Gasteiger partial charge in [0.1, 0.15) is 5.75 Å². The average Bonchev–Trinajstić information content (AvgIpc) is 2.69. The molecule has 0 saturated carbocycles. The number of methoxy groups -OCH3 is 1. The normalized spacial score (nSPS) is 23.4. The van der Waals surface area contributed by atoms with Crippen molar-refractivity contribution in [2.75, 3.05) is 7.11 Å². The lowest BCUT2D eigenvalue weighted by molar-refractivity contribution is -0.387. The zero-order valence-corrected chi connectivity index (χ0v) is 16.8. The fraction of sp³-hybridized carbons (Fsp3) is 0.350. The van der Waals surface area contributed by atoms with Crippen LogP contribution in [0, 0.1) is 16.0 Å². The third-order valence-electron chi connectivity index (χ3n) is 5.96. The molecule has 2 aromatic carbocycles. The molecule has 2 aromatic rings. The van der Waals surface area contributed by atoms with Crippen molar-refractivity contribution in [2.24, 2.45) is 5.92 Å². The van der Waals surface area contributed by atoms with Gasteiger partial charge >= 0.3 is 0 Å². The van der Waals surface area contributed by atoms with Crippen molar-refractivity contribution in [1.29, 1.82) is 0 Å². The van der Waals surface area contributed by atoms with Crippen LogP contribution >= 0.6 is 0 Å². The third kappa shape index (κ3) is 2.96. The molecular weight excluding hydrogens is 396 g/mol. The summed E-state index contributed by atoms with van der Waals surface area (Å²) in [7, 11) is -2.82. The van der Waals surface area contributed by atoms with Crippen LogP contribution in [0.2, 0.25) is 0 Å². The van der Waals surface area contributed by atoms with Crippen molar-refractivity contribution < 1.29 is 22.9 Å². The number of benzene rings is 2. The summed E-state index contributed by atoms with van der Waals surface area (Å²) < 4.78 is 32.9. The number of sulfonamides is 1. The Bertz CT molecular complexity index is 1110. The van der Waals surface area contributed by atoms with Gasteiger partial charge in [0.15, 0.2) is 4.90 Å². The quantitative estimate of drug-likeness (QED) is 0.560. The molecule has 1 amide bonds. The zero-order chi connectivity index (χ0) is 20.9. The minimum Gasteiger partial charge on any atom is -0.497 e. The zero-order valence-electron chi connectivity index (χ0n) is 15.9. The summed E-state index contributed by atoms with van der Waals surface area (Å²) in [6.07, 6.45) is 0.382. The molecule has 1 fully saturated rings. The summed E-state index contributed by atoms with van der Waals surface area (Å²) in [5, 5.41) is 11.4. The Balaban J connectivity index is 1.82. The molecule has 0 spiro atoms. The van der Waals surface area contributed by atoms with E-state index in [1.54, 1.807) is 7.11 Å². The second-order valence-electron chi connectivity index (χ2n) is 7.43. The maximum absolute atomic E-state index is 13.4. The highest BCUT2D eigenvalue weighted by Crippen LogP contribution is 2.47. The summed E-state index contributed by atoms with van der Waals surface area (Å²) in [5.41, 5.74) is 1.44. The largest absolute Gasteiger partial charge is 0.497 e. The summed E-state index contributed by atoms with van der Waals surface area (Å²) in [5.74, 6) is -0.0703. The van der Waals surface area contributed by atoms with Crippen LogP contribution < -0.4 is 4.74 Å². The number of carbonyl (C=O) groups excluding carboxylic acids is 1. The lowest BCUT2D eigenvalue weighted by Gasteiger charge is -2.47. The highest BCUT2D eigenvalue weighted by molar-refractivity contribution is 7.89. The molecule has 0 aromatic heterocycles. The Morgan fingerprint density at radius 1 is 1.17 bits per heavy atom. The van der Waals surface area contributed by atoms with Gasteiger partial charge < -0.3 is 4.74 Å². The first-order chi connectivity index (χ1) is 13.8. The molecule has 29 heavy (non-hydrogen) atoms. The first-order valence-electron chi connectivity index (χ1n) is 9.23. The highest BCUT2D eigenvalue weighted by atomic mass is 32.2. The first kappa shape index (κ1) is 19.4. The molecule has 152 valence electrons. The Hall–Kier alpha value is -2.94. The molecule has 0 radical (unpaired) electrons. The Morgan fingerprint density at radius 3 is 2.59 bits per heavy atom. The number of hydrogen-bond donors (Lipinski definition) is 0. The van der Waals surface area contributed by atoms with Crippen molar-refractivity contribution in [3.63, 3.8) is 0 Å². The first-order valence-corrected chi connectivity index (χ1v) is 10.7. The molecule has 1 heterocycles. The van der Waals surface area contributed by atoms with Gasteiger partial charge in [-0.2, -0.15) is 0 Å². The summed E-state index contributed by atoms with van der Waals surface area (Å²) >= 11 is 0. The number of amides is 1. The van der Waals surface area contributed by atoms with Gasteiger partial charge in [0.25, 0.3) is 15.7 Å². The van der Waals surface area contributed by atoms with Gasteiger partial charge in [0, 0.05) is 12.5 Å². The summed E-state index contributed by atoms with van der Waals surface area (Å²) in [4.78, 5) is 23.1. The maximum Gasteiger partial charge on any atom is 0.289 e. The van der Waals surface area contributed by atoms with Crippen molar-refractivity contribution in [1.82, 2.24) is 4.31 Å². The Morgan fingerprint density at radius 2 is 1.90 bits per heavy atom. The van der Waals surface area contributed by atoms with Crippen LogP contribution in [0.1, 0.15) is 30.4 Å². The van der Waals surface area contributed by atoms with Crippen LogP contribution in [0.4, 0.5) is 5.69 Å². The molecule has 9 heteroatoms. The molecule has 1 aliphatic carbocycles. The van der Waals surface area contributed by atoms with Gasteiger partial charge in [-0.25, -0.2) is 12.7 Å². The van der Waals surface area contributed by atoms with E-state index in [4.69, 9.17) is 4.74 Å². The van der Waals surface area contributed by atoms with Gasteiger partial charge in [-0.1, -0.05) is 25.1 Å². The standard InChI is InChI=1S/C20H20N2O6S/c1-12-16-11-20(23)21(18(12)10-13-9-14(28-2)7-8-15(13)16)29(26,27)19-6-4-3-5-17(19)22(24)25/h3-9,12,16,18H,10-11H2,1-2H3/t12?,16-,18-/m1/s1. The average molecular weight is 416 g/mol. The van der Waals surface area contributed by atoms with Crippen molar-refractivity contribution in [3.05, 3.63) is 63.7 Å². The van der Waals surface area contributed by atoms with Crippen LogP contribution in [0.15, 0.2) is 47.4 Å². The molecule has 8 nitrogen and oxygen atoms in total. The lowest BCUT2D eigenvalue weighted by Crippen LogP contribution is -2.56. The van der Waals surface area contributed by atoms with E-state index < -0.39 is 37.5 Å². The number of piperidine rings is 1. The van der Waals surface area contributed by atoms with Gasteiger partial charge in [-0.3, -0.25) is 14.9 Å². The molecule has 0 N–H and O–H groups in total. The molecule has 3 atom stereocenters. The van der Waals surface area contributed by atoms with Crippen LogP contribution in [0.25, 0.3) is 0 Å². The van der Waals surface area contributed by atoms with Gasteiger partial charge in [-0.15, -0.1) is 0 Å². The number of nitro groups is 1. The van der Waals surface area contributed by atoms with E-state index in [0.717, 1.165) is 21.5 Å². The van der Waals surface area contributed by atoms with Gasteiger partial charge in [0.05, 0.1) is 18.1 Å². The van der Waals surface area contributed by atoms with Gasteiger partial charge in [-0.05, 0) is 47.6 Å². The minimum absolute atomic E-state index is 0.0385. The Labute approximate surface area is 168 Å². The SMILES string of the molecule is COc1ccc2c(c1)C[C@@H]1C(C)[C@H]2CC(=O)N1S(=O)(=O)c1ccccc1[N+](=O)[O-]. The minimum atomic E-state index is -4.38. The number of hydrogen-bond acceptors (Lipinski definition) is 6. The predicted octanol–water partition coefficient (Wildman–Crippen LogP) is 2.87. The van der Waals surface area contributed by atoms with Gasteiger partial charge in [0.2, 0.25) is 5.91 Å². The van der Waals surface area contributed by atoms with E-state index in [9.17, 15) is 23.3 Å². The van der Waals surface area contributed by atoms with E-state index in [2.05, 4.69) is 0 Å². The predicted molar refractivity (Wildman–Crippen MR) is 104 cm³/mol. The van der Waals surface area contributed by atoms with Crippen molar-refractivity contribution >= 4 is 21.6 Å².